The molecule has 0 aliphatic heterocycles. The van der Waals surface area contributed by atoms with Gasteiger partial charge in [-0.2, -0.15) is 0 Å². The number of hydrogen-bond donors (Lipinski definition) is 0. The van der Waals surface area contributed by atoms with Crippen LogP contribution in [-0.4, -0.2) is 0 Å². The number of unbranched alkanes of at least 4 members (excludes halogenated alkanes) is 2. The molecule has 3 aliphatic rings. The summed E-state index contributed by atoms with van der Waals surface area (Å²) in [6.07, 6.45) is 19.0. The van der Waals surface area contributed by atoms with Gasteiger partial charge in [-0.25, -0.2) is 0 Å². The summed E-state index contributed by atoms with van der Waals surface area (Å²) >= 11 is 0. The van der Waals surface area contributed by atoms with Crippen LogP contribution in [0.4, 0.5) is 0 Å². The number of rotatable bonds is 6. The molecular formula is C30H46. The second kappa shape index (κ2) is 9.22. The van der Waals surface area contributed by atoms with E-state index in [4.69, 9.17) is 0 Å². The number of hydrogen-bond acceptors (Lipinski definition) is 0. The van der Waals surface area contributed by atoms with Crippen LogP contribution in [0.5, 0.6) is 0 Å². The summed E-state index contributed by atoms with van der Waals surface area (Å²) < 4.78 is 0. The zero-order valence-electron chi connectivity index (χ0n) is 20.5. The Morgan fingerprint density at radius 1 is 1.07 bits per heavy atom. The predicted octanol–water partition coefficient (Wildman–Crippen LogP) is 9.13. The van der Waals surface area contributed by atoms with Gasteiger partial charge in [0.05, 0.1) is 0 Å². The van der Waals surface area contributed by atoms with Crippen molar-refractivity contribution < 1.29 is 0 Å². The Kier molecular flexibility index (Phi) is 6.81. The molecule has 0 heterocycles. The number of fused-ring (bicyclic) bond motifs is 3. The van der Waals surface area contributed by atoms with E-state index in [0.29, 0.717) is 5.41 Å². The monoisotopic (exact) mass is 406 g/mol. The summed E-state index contributed by atoms with van der Waals surface area (Å²) in [5.41, 5.74) is 8.99. The Morgan fingerprint density at radius 2 is 1.83 bits per heavy atom. The molecule has 0 saturated heterocycles. The molecule has 166 valence electrons. The molecule has 30 heavy (non-hydrogen) atoms. The lowest BCUT2D eigenvalue weighted by Crippen LogP contribution is -2.38. The maximum atomic E-state index is 2.69. The minimum atomic E-state index is 0.419. The molecule has 3 unspecified atom stereocenters. The van der Waals surface area contributed by atoms with Crippen LogP contribution in [0, 0.1) is 17.3 Å². The lowest BCUT2D eigenvalue weighted by Gasteiger charge is -2.49. The van der Waals surface area contributed by atoms with Crippen molar-refractivity contribution in [2.24, 2.45) is 17.3 Å². The van der Waals surface area contributed by atoms with E-state index in [2.05, 4.69) is 52.8 Å². The second-order valence-corrected chi connectivity index (χ2v) is 11.8. The third-order valence-corrected chi connectivity index (χ3v) is 9.04. The van der Waals surface area contributed by atoms with Gasteiger partial charge in [-0.05, 0) is 103 Å². The van der Waals surface area contributed by atoms with Crippen molar-refractivity contribution >= 4 is 0 Å². The Hall–Kier alpha value is -1.04. The van der Waals surface area contributed by atoms with Crippen molar-refractivity contribution in [2.45, 2.75) is 124 Å². The van der Waals surface area contributed by atoms with Crippen LogP contribution >= 0.6 is 0 Å². The van der Waals surface area contributed by atoms with Gasteiger partial charge in [-0.3, -0.25) is 0 Å². The zero-order valence-corrected chi connectivity index (χ0v) is 20.5. The van der Waals surface area contributed by atoms with Crippen molar-refractivity contribution in [1.82, 2.24) is 0 Å². The molecule has 1 aromatic rings. The first-order valence-corrected chi connectivity index (χ1v) is 13.2. The lowest BCUT2D eigenvalue weighted by molar-refractivity contribution is 0.150. The van der Waals surface area contributed by atoms with Gasteiger partial charge in [0, 0.05) is 0 Å². The predicted molar refractivity (Wildman–Crippen MR) is 131 cm³/mol. The van der Waals surface area contributed by atoms with Crippen molar-refractivity contribution in [1.29, 1.82) is 0 Å². The van der Waals surface area contributed by atoms with Gasteiger partial charge in [0.15, 0.2) is 0 Å². The molecule has 0 heteroatoms. The molecule has 0 N–H and O–H groups in total. The van der Waals surface area contributed by atoms with Crippen LogP contribution < -0.4 is 0 Å². The Morgan fingerprint density at radius 3 is 2.57 bits per heavy atom. The molecule has 1 aromatic carbocycles. The van der Waals surface area contributed by atoms with E-state index in [9.17, 15) is 0 Å². The Balaban J connectivity index is 1.77. The molecule has 0 spiro atoms. The van der Waals surface area contributed by atoms with Crippen molar-refractivity contribution in [2.75, 3.05) is 0 Å². The van der Waals surface area contributed by atoms with Crippen LogP contribution in [0.2, 0.25) is 0 Å². The van der Waals surface area contributed by atoms with E-state index in [0.717, 1.165) is 23.7 Å². The molecule has 4 rings (SSSR count). The number of benzene rings is 1. The van der Waals surface area contributed by atoms with E-state index in [1.807, 2.05) is 5.56 Å². The fourth-order valence-corrected chi connectivity index (χ4v) is 7.25. The highest BCUT2D eigenvalue weighted by Gasteiger charge is 2.44. The standard InChI is InChI=1S/C30H46/c1-6-7-9-12-23-18-25-20-30(4,5)28-16-15-21(2)17-27(28)29(25)26(19-23)22(3)24-13-10-8-11-14-24/h15,18-19,22,24,27-28H,6-14,16-17,20H2,1-5H3. The van der Waals surface area contributed by atoms with Gasteiger partial charge >= 0.3 is 0 Å². The van der Waals surface area contributed by atoms with E-state index in [-0.39, 0.29) is 0 Å². The van der Waals surface area contributed by atoms with Crippen LogP contribution in [-0.2, 0) is 12.8 Å². The van der Waals surface area contributed by atoms with Crippen LogP contribution in [0.3, 0.4) is 0 Å². The summed E-state index contributed by atoms with van der Waals surface area (Å²) in [4.78, 5) is 0. The normalized spacial score (nSPS) is 27.2. The molecule has 1 fully saturated rings. The maximum absolute atomic E-state index is 2.69. The summed E-state index contributed by atoms with van der Waals surface area (Å²) in [6, 6.07) is 5.34. The fraction of sp³-hybridized carbons (Fsp3) is 0.733. The third-order valence-electron chi connectivity index (χ3n) is 9.04. The summed E-state index contributed by atoms with van der Waals surface area (Å²) in [5, 5.41) is 0. The molecule has 3 atom stereocenters. The summed E-state index contributed by atoms with van der Waals surface area (Å²) in [6.45, 7) is 12.4. The first-order chi connectivity index (χ1) is 14.4. The number of aryl methyl sites for hydroxylation is 1. The Labute approximate surface area is 186 Å². The average molecular weight is 407 g/mol. The van der Waals surface area contributed by atoms with E-state index in [1.54, 1.807) is 22.3 Å². The number of allylic oxidation sites excluding steroid dienone is 2. The molecule has 0 amide bonds. The smallest absolute Gasteiger partial charge is 0.00828 e. The van der Waals surface area contributed by atoms with Crippen molar-refractivity contribution in [3.05, 3.63) is 46.0 Å². The topological polar surface area (TPSA) is 0 Å². The highest BCUT2D eigenvalue weighted by atomic mass is 14.5. The molecule has 0 radical (unpaired) electrons. The van der Waals surface area contributed by atoms with Crippen LogP contribution in [0.1, 0.15) is 133 Å². The molecule has 1 saturated carbocycles. The van der Waals surface area contributed by atoms with Crippen molar-refractivity contribution in [3.63, 3.8) is 0 Å². The first-order valence-electron chi connectivity index (χ1n) is 13.2. The first kappa shape index (κ1) is 22.2. The van der Waals surface area contributed by atoms with Gasteiger partial charge in [-0.1, -0.05) is 83.6 Å². The molecule has 3 aliphatic carbocycles. The Bertz CT molecular complexity index is 758. The van der Waals surface area contributed by atoms with Gasteiger partial charge in [0.25, 0.3) is 0 Å². The molecule has 0 aromatic heterocycles. The minimum absolute atomic E-state index is 0.419. The largest absolute Gasteiger partial charge is 0.0853 e. The highest BCUT2D eigenvalue weighted by molar-refractivity contribution is 5.48. The molecular weight excluding hydrogens is 360 g/mol. The van der Waals surface area contributed by atoms with Crippen molar-refractivity contribution in [3.8, 4) is 0 Å². The van der Waals surface area contributed by atoms with E-state index < -0.39 is 0 Å². The highest BCUT2D eigenvalue weighted by Crippen LogP contribution is 2.55. The minimum Gasteiger partial charge on any atom is -0.0853 e. The van der Waals surface area contributed by atoms with Gasteiger partial charge < -0.3 is 0 Å². The SMILES string of the molecule is CCCCCc1cc2c(c(C(C)C3CCCCC3)c1)C1CC(C)=CCC1C(C)(C)C2. The summed E-state index contributed by atoms with van der Waals surface area (Å²) in [7, 11) is 0. The van der Waals surface area contributed by atoms with E-state index in [1.165, 1.54) is 77.0 Å². The zero-order chi connectivity index (χ0) is 21.3. The molecule has 0 bridgehead atoms. The van der Waals surface area contributed by atoms with Gasteiger partial charge in [0.1, 0.15) is 0 Å². The summed E-state index contributed by atoms with van der Waals surface area (Å²) in [5.74, 6) is 3.21. The average Bonchev–Trinajstić information content (AvgIpc) is 2.72. The van der Waals surface area contributed by atoms with Crippen LogP contribution in [0.15, 0.2) is 23.8 Å². The third kappa shape index (κ3) is 4.44. The quantitative estimate of drug-likeness (QED) is 0.326. The van der Waals surface area contributed by atoms with Crippen LogP contribution in [0.25, 0.3) is 0 Å². The van der Waals surface area contributed by atoms with Gasteiger partial charge in [0.2, 0.25) is 0 Å². The maximum Gasteiger partial charge on any atom is -0.00828 e. The molecule has 0 nitrogen and oxygen atoms in total. The van der Waals surface area contributed by atoms with E-state index >= 15 is 0 Å². The lowest BCUT2D eigenvalue weighted by atomic mass is 9.56. The van der Waals surface area contributed by atoms with Gasteiger partial charge in [-0.15, -0.1) is 0 Å². The fourth-order valence-electron chi connectivity index (χ4n) is 7.25. The second-order valence-electron chi connectivity index (χ2n) is 11.8.